The van der Waals surface area contributed by atoms with Crippen LogP contribution in [0.1, 0.15) is 92.9 Å². The van der Waals surface area contributed by atoms with Crippen LogP contribution in [0.2, 0.25) is 18.1 Å². The Balaban J connectivity index is 3.83. The van der Waals surface area contributed by atoms with Crippen molar-refractivity contribution in [3.05, 3.63) is 12.2 Å². The normalized spacial score (nSPS) is 15.1. The average molecular weight is 474 g/mol. The quantitative estimate of drug-likeness (QED) is 0.156. The molecule has 0 heterocycles. The maximum atomic E-state index is 11.8. The van der Waals surface area contributed by atoms with Crippen LogP contribution in [0.4, 0.5) is 4.79 Å². The molecule has 0 spiro atoms. The lowest BCUT2D eigenvalue weighted by atomic mass is 10.1. The fraction of sp³-hybridized carbons (Fsp3) is 0.880. The van der Waals surface area contributed by atoms with Crippen molar-refractivity contribution in [2.75, 3.05) is 13.2 Å². The zero-order chi connectivity index (χ0) is 24.8. The summed E-state index contributed by atoms with van der Waals surface area (Å²) in [7, 11) is -1.60. The van der Waals surface area contributed by atoms with Gasteiger partial charge in [0.1, 0.15) is 5.60 Å². The van der Waals surface area contributed by atoms with Crippen molar-refractivity contribution in [2.24, 2.45) is 0 Å². The highest BCUT2D eigenvalue weighted by molar-refractivity contribution is 6.74. The first-order valence-electron chi connectivity index (χ1n) is 12.3. The third-order valence-corrected chi connectivity index (χ3v) is 10.5. The lowest BCUT2D eigenvalue weighted by Crippen LogP contribution is -2.47. The van der Waals surface area contributed by atoms with Gasteiger partial charge in [0.25, 0.3) is 0 Å². The summed E-state index contributed by atoms with van der Waals surface area (Å²) in [6, 6.07) is -0.776. The van der Waals surface area contributed by atoms with Gasteiger partial charge in [-0.05, 0) is 58.2 Å². The van der Waals surface area contributed by atoms with Gasteiger partial charge in [-0.2, -0.15) is 0 Å². The maximum Gasteiger partial charge on any atom is 0.408 e. The van der Waals surface area contributed by atoms with Gasteiger partial charge in [0.05, 0.1) is 18.8 Å². The molecule has 0 unspecified atom stereocenters. The Hall–Kier alpha value is -0.893. The number of aliphatic hydroxyl groups is 2. The van der Waals surface area contributed by atoms with Crippen LogP contribution in [0.25, 0.3) is 0 Å². The Morgan fingerprint density at radius 2 is 1.50 bits per heavy atom. The van der Waals surface area contributed by atoms with Gasteiger partial charge in [0, 0.05) is 6.61 Å². The lowest BCUT2D eigenvalue weighted by molar-refractivity contribution is 0.0405. The van der Waals surface area contributed by atoms with Gasteiger partial charge in [0.2, 0.25) is 0 Å². The van der Waals surface area contributed by atoms with E-state index in [1.54, 1.807) is 26.8 Å². The number of rotatable bonds is 15. The molecule has 0 radical (unpaired) electrons. The second-order valence-corrected chi connectivity index (χ2v) is 16.0. The van der Waals surface area contributed by atoms with E-state index < -0.39 is 32.2 Å². The van der Waals surface area contributed by atoms with Crippen molar-refractivity contribution >= 4 is 14.4 Å². The van der Waals surface area contributed by atoms with E-state index in [0.29, 0.717) is 0 Å². The van der Waals surface area contributed by atoms with Crippen molar-refractivity contribution in [1.82, 2.24) is 5.32 Å². The monoisotopic (exact) mass is 473 g/mol. The van der Waals surface area contributed by atoms with Gasteiger partial charge in [0.15, 0.2) is 8.32 Å². The maximum absolute atomic E-state index is 11.8. The van der Waals surface area contributed by atoms with E-state index in [1.807, 2.05) is 6.08 Å². The van der Waals surface area contributed by atoms with Crippen molar-refractivity contribution in [3.63, 3.8) is 0 Å². The Morgan fingerprint density at radius 3 is 2.00 bits per heavy atom. The number of carbonyl (C=O) groups excluding carboxylic acids is 1. The zero-order valence-corrected chi connectivity index (χ0v) is 23.0. The minimum Gasteiger partial charge on any atom is -0.444 e. The summed E-state index contributed by atoms with van der Waals surface area (Å²) in [6.07, 6.45) is 11.2. The van der Waals surface area contributed by atoms with E-state index in [0.717, 1.165) is 25.9 Å². The second-order valence-electron chi connectivity index (χ2n) is 11.2. The van der Waals surface area contributed by atoms with E-state index in [2.05, 4.69) is 39.2 Å². The molecule has 32 heavy (non-hydrogen) atoms. The number of alkyl carbamates (subject to hydrolysis) is 1. The van der Waals surface area contributed by atoms with E-state index in [4.69, 9.17) is 9.16 Å². The van der Waals surface area contributed by atoms with Crippen molar-refractivity contribution in [1.29, 1.82) is 0 Å². The highest BCUT2D eigenvalue weighted by Crippen LogP contribution is 2.36. The van der Waals surface area contributed by atoms with Gasteiger partial charge < -0.3 is 24.7 Å². The molecule has 0 fully saturated rings. The topological polar surface area (TPSA) is 88.0 Å². The zero-order valence-electron chi connectivity index (χ0n) is 22.0. The predicted molar refractivity (Wildman–Crippen MR) is 135 cm³/mol. The Kier molecular flexibility index (Phi) is 14.7. The number of carbonyl (C=O) groups is 1. The fourth-order valence-corrected chi connectivity index (χ4v) is 3.95. The summed E-state index contributed by atoms with van der Waals surface area (Å²) >= 11 is 0. The predicted octanol–water partition coefficient (Wildman–Crippen LogP) is 5.93. The first kappa shape index (κ1) is 31.1. The molecule has 6 nitrogen and oxygen atoms in total. The van der Waals surface area contributed by atoms with Crippen LogP contribution < -0.4 is 5.32 Å². The number of allylic oxidation sites excluding steroid dienone is 1. The summed E-state index contributed by atoms with van der Waals surface area (Å²) in [5.41, 5.74) is -0.622. The number of ether oxygens (including phenoxy) is 1. The highest BCUT2D eigenvalue weighted by atomic mass is 28.4. The van der Waals surface area contributed by atoms with E-state index in [9.17, 15) is 15.0 Å². The second kappa shape index (κ2) is 15.1. The fourth-order valence-electron chi connectivity index (χ4n) is 2.86. The number of hydrogen-bond acceptors (Lipinski definition) is 5. The van der Waals surface area contributed by atoms with Crippen LogP contribution >= 0.6 is 0 Å². The van der Waals surface area contributed by atoms with E-state index >= 15 is 0 Å². The molecule has 0 bridgehead atoms. The molecule has 0 saturated heterocycles. The molecule has 3 N–H and O–H groups in total. The number of amides is 1. The number of unbranched alkanes of at least 4 members (excludes halogenated alkanes) is 7. The molecule has 0 aromatic heterocycles. The van der Waals surface area contributed by atoms with Crippen molar-refractivity contribution in [3.8, 4) is 0 Å². The molecule has 190 valence electrons. The van der Waals surface area contributed by atoms with Gasteiger partial charge in [-0.15, -0.1) is 0 Å². The first-order chi connectivity index (χ1) is 14.7. The third kappa shape index (κ3) is 15.0. The van der Waals surface area contributed by atoms with Crippen LogP contribution in [-0.4, -0.2) is 55.6 Å². The molecule has 2 atom stereocenters. The van der Waals surface area contributed by atoms with Crippen LogP contribution in [0.5, 0.6) is 0 Å². The van der Waals surface area contributed by atoms with Crippen LogP contribution in [0, 0.1) is 0 Å². The minimum atomic E-state index is -1.60. The molecule has 7 heteroatoms. The van der Waals surface area contributed by atoms with Crippen molar-refractivity contribution < 1.29 is 24.2 Å². The Labute approximate surface area is 198 Å². The van der Waals surface area contributed by atoms with Gasteiger partial charge in [-0.3, -0.25) is 0 Å². The molecule has 0 rings (SSSR count). The number of hydrogen-bond donors (Lipinski definition) is 3. The first-order valence-corrected chi connectivity index (χ1v) is 15.2. The van der Waals surface area contributed by atoms with E-state index in [-0.39, 0.29) is 11.6 Å². The van der Waals surface area contributed by atoms with E-state index in [1.165, 1.54) is 32.1 Å². The third-order valence-electron chi connectivity index (χ3n) is 5.93. The Bertz CT molecular complexity index is 537. The number of nitrogens with one attached hydrogen (secondary N) is 1. The molecule has 0 aromatic rings. The van der Waals surface area contributed by atoms with Crippen molar-refractivity contribution in [2.45, 2.75) is 129 Å². The molecular weight excluding hydrogens is 422 g/mol. The summed E-state index contributed by atoms with van der Waals surface area (Å²) < 4.78 is 11.4. The van der Waals surface area contributed by atoms with Gasteiger partial charge >= 0.3 is 6.09 Å². The lowest BCUT2D eigenvalue weighted by Gasteiger charge is -2.36. The highest BCUT2D eigenvalue weighted by Gasteiger charge is 2.36. The van der Waals surface area contributed by atoms with Crippen LogP contribution in [-0.2, 0) is 9.16 Å². The summed E-state index contributed by atoms with van der Waals surface area (Å²) in [6.45, 7) is 17.3. The smallest absolute Gasteiger partial charge is 0.408 e. The standard InChI is InChI=1S/C25H51NO5Si/c1-24(2,3)31-23(29)26-21(20-27)22(28)18-16-14-12-10-9-11-13-15-17-19-30-32(7,8)25(4,5)6/h16,18,21-22,27-28H,9-15,17,19-20H2,1-8H3,(H,26,29)/b18-16+/t21-,22+/m0/s1. The molecule has 0 aliphatic heterocycles. The minimum absolute atomic E-state index is 0.283. The SMILES string of the molecule is CC(C)(C)OC(=O)N[C@@H](CO)[C@H](O)/C=C/CCCCCCCCCO[Si](C)(C)C(C)(C)C. The molecule has 0 aliphatic rings. The summed E-state index contributed by atoms with van der Waals surface area (Å²) in [4.78, 5) is 11.8. The van der Waals surface area contributed by atoms with Crippen LogP contribution in [0.15, 0.2) is 12.2 Å². The Morgan fingerprint density at radius 1 is 0.969 bits per heavy atom. The average Bonchev–Trinajstić information content (AvgIpc) is 2.64. The molecule has 0 aromatic carbocycles. The molecule has 0 saturated carbocycles. The van der Waals surface area contributed by atoms with Gasteiger partial charge in [-0.25, -0.2) is 4.79 Å². The summed E-state index contributed by atoms with van der Waals surface area (Å²) in [5, 5.41) is 22.4. The summed E-state index contributed by atoms with van der Waals surface area (Å²) in [5.74, 6) is 0. The van der Waals surface area contributed by atoms with Crippen LogP contribution in [0.3, 0.4) is 0 Å². The molecule has 1 amide bonds. The van der Waals surface area contributed by atoms with Gasteiger partial charge in [-0.1, -0.05) is 65.0 Å². The number of aliphatic hydroxyl groups excluding tert-OH is 2. The molecule has 0 aliphatic carbocycles. The molecular formula is C25H51NO5Si. The largest absolute Gasteiger partial charge is 0.444 e.